The topological polar surface area (TPSA) is 165 Å². The van der Waals surface area contributed by atoms with Gasteiger partial charge >= 0.3 is 5.97 Å². The Bertz CT molecular complexity index is 2350. The monoisotopic (exact) mass is 1220 g/mol. The second kappa shape index (κ2) is 27.8. The lowest BCUT2D eigenvalue weighted by Gasteiger charge is -2.47. The van der Waals surface area contributed by atoms with Crippen LogP contribution in [-0.4, -0.2) is 160 Å². The van der Waals surface area contributed by atoms with Crippen molar-refractivity contribution in [2.75, 3.05) is 27.4 Å². The summed E-state index contributed by atoms with van der Waals surface area (Å²) in [6.07, 6.45) is 10.9. The summed E-state index contributed by atoms with van der Waals surface area (Å²) >= 11 is 0. The highest BCUT2D eigenvalue weighted by Gasteiger charge is 2.61. The van der Waals surface area contributed by atoms with Crippen LogP contribution in [0.3, 0.4) is 0 Å². The Morgan fingerprint density at radius 1 is 0.880 bits per heavy atom. The van der Waals surface area contributed by atoms with E-state index in [1.165, 1.54) is 0 Å². The quantitative estimate of drug-likeness (QED) is 0.0618. The van der Waals surface area contributed by atoms with Gasteiger partial charge in [0.2, 0.25) is 0 Å². The van der Waals surface area contributed by atoms with E-state index < -0.39 is 103 Å². The van der Waals surface area contributed by atoms with Crippen LogP contribution in [0.25, 0.3) is 0 Å². The minimum atomic E-state index is -2.38. The summed E-state index contributed by atoms with van der Waals surface area (Å²) in [4.78, 5) is 27.8. The third-order valence-corrected chi connectivity index (χ3v) is 30.2. The molecule has 0 saturated carbocycles. The zero-order valence-corrected chi connectivity index (χ0v) is 58.4. The van der Waals surface area contributed by atoms with E-state index in [2.05, 4.69) is 133 Å². The van der Waals surface area contributed by atoms with Gasteiger partial charge in [-0.3, -0.25) is 9.59 Å². The summed E-state index contributed by atoms with van der Waals surface area (Å²) < 4.78 is 79.5. The molecule has 6 aliphatic rings. The number of carbonyl (C=O) groups is 2. The van der Waals surface area contributed by atoms with Gasteiger partial charge in [-0.25, -0.2) is 0 Å². The normalized spacial score (nSPS) is 36.8. The Kier molecular flexibility index (Phi) is 23.5. The molecule has 0 aromatic carbocycles. The molecule has 0 aromatic rings. The third kappa shape index (κ3) is 16.8. The average molecular weight is 1220 g/mol. The molecule has 19 atom stereocenters. The van der Waals surface area contributed by atoms with Gasteiger partial charge in [-0.05, 0) is 105 Å². The molecule has 1 spiro atoms. The third-order valence-electron chi connectivity index (χ3n) is 19.6. The minimum Gasteiger partial charge on any atom is -0.465 e. The van der Waals surface area contributed by atoms with Crippen LogP contribution < -0.4 is 0 Å². The van der Waals surface area contributed by atoms with Crippen LogP contribution in [0, 0.1) is 23.7 Å². The lowest BCUT2D eigenvalue weighted by molar-refractivity contribution is -0.317. The fraction of sp³-hybridized carbons (Fsp3) is 0.815. The predicted octanol–water partition coefficient (Wildman–Crippen LogP) is 13.0. The molecular formula is C65H112O15Si3. The Morgan fingerprint density at radius 3 is 2.10 bits per heavy atom. The summed E-state index contributed by atoms with van der Waals surface area (Å²) in [6, 6.07) is 0.810. The van der Waals surface area contributed by atoms with Crippen molar-refractivity contribution in [3.05, 3.63) is 59.3 Å². The zero-order chi connectivity index (χ0) is 62.0. The molecule has 0 amide bonds. The van der Waals surface area contributed by atoms with Crippen LogP contribution in [0.1, 0.15) is 135 Å². The SMILES string of the molecule is CCC(C)[C@H]1O[C@]2(C=C[C@@H]1C)CC(=O)C[C@@H](C/C=C(\C)[C@@H](O[C@H]1C[C@H](OC)[C@@H](O[C@H]3C[C@H](OC)[C@@H](O[Si](C)(C)C(C)(C)C)[C@H](C)O3)[C@H](C)O1)[C@@H](C)/C=C/C=C1\CO[C@@H]3[C@H](O[Si](C)(C)C(C)(C)C)C(C)=C[C@@H](C(=O)OCC[Si](C)(C)C)[C@]13O)O2. The number of allylic oxidation sites excluding steroid dienone is 2. The second-order valence-electron chi connectivity index (χ2n) is 29.6. The molecule has 5 aliphatic heterocycles. The molecule has 6 rings (SSSR count). The fourth-order valence-electron chi connectivity index (χ4n) is 12.0. The molecule has 4 saturated heterocycles. The molecule has 0 bridgehead atoms. The summed E-state index contributed by atoms with van der Waals surface area (Å²) in [5.74, 6) is -2.24. The predicted molar refractivity (Wildman–Crippen MR) is 334 cm³/mol. The molecule has 0 aromatic heterocycles. The molecule has 18 heteroatoms. The first-order valence-corrected chi connectivity index (χ1v) is 40.7. The van der Waals surface area contributed by atoms with Gasteiger partial charge in [0.05, 0.1) is 74.6 Å². The van der Waals surface area contributed by atoms with Crippen molar-refractivity contribution < 1.29 is 70.9 Å². The highest BCUT2D eigenvalue weighted by Crippen LogP contribution is 2.49. The average Bonchev–Trinajstić information content (AvgIpc) is 1.86. The zero-order valence-electron chi connectivity index (χ0n) is 55.4. The standard InChI is InChI=1S/C65H112O15Si3/c1-24-40(2)56-43(5)30-31-64(78-56)38-48(66)35-49(77-64)29-28-42(4)55(75-53-36-51(69-15)58(45(7)73-53)76-54-37-52(70-16)59(46(8)74-54)80-83(22,23)63(12,13)14)41(3)26-25-27-47-39-72-60-57(79-82(20,21)62(9,10)11)44(6)34-50(65(47,60)68)61(67)71-32-33-81(17,18)19/h25-28,30-31,34,40-41,43,45-46,49-60,68H,24,29,32-33,35-39H2,1-23H3/b26-25+,42-28+,47-27+/t40?,41-,43-,45-,46-,49+,50-,51-,52-,53-,54-,55-,56+,57+,58-,59-,60+,64+,65+/m0/s1. The van der Waals surface area contributed by atoms with Crippen molar-refractivity contribution in [1.29, 1.82) is 0 Å². The molecule has 15 nitrogen and oxygen atoms in total. The van der Waals surface area contributed by atoms with Gasteiger partial charge in [0, 0.05) is 53.4 Å². The van der Waals surface area contributed by atoms with E-state index in [0.29, 0.717) is 37.4 Å². The maximum Gasteiger partial charge on any atom is 0.316 e. The molecule has 4 fully saturated rings. The first kappa shape index (κ1) is 70.1. The number of ether oxygens (including phenoxy) is 10. The van der Waals surface area contributed by atoms with Gasteiger partial charge in [0.15, 0.2) is 35.0 Å². The summed E-state index contributed by atoms with van der Waals surface area (Å²) in [7, 11) is -2.63. The molecule has 83 heavy (non-hydrogen) atoms. The molecule has 1 aliphatic carbocycles. The van der Waals surface area contributed by atoms with Crippen LogP contribution >= 0.6 is 0 Å². The molecule has 1 unspecified atom stereocenters. The first-order valence-electron chi connectivity index (χ1n) is 31.2. The van der Waals surface area contributed by atoms with E-state index in [9.17, 15) is 14.7 Å². The Balaban J connectivity index is 1.28. The molecular weight excluding hydrogens is 1100 g/mol. The summed E-state index contributed by atoms with van der Waals surface area (Å²) in [5.41, 5.74) is 0.608. The molecule has 474 valence electrons. The van der Waals surface area contributed by atoms with E-state index in [0.717, 1.165) is 23.6 Å². The van der Waals surface area contributed by atoms with Crippen molar-refractivity contribution >= 4 is 36.5 Å². The molecule has 0 radical (unpaired) electrons. The van der Waals surface area contributed by atoms with Crippen molar-refractivity contribution in [2.24, 2.45) is 23.7 Å². The number of fused-ring (bicyclic) bond motifs is 1. The van der Waals surface area contributed by atoms with Crippen LogP contribution in [0.15, 0.2) is 59.3 Å². The number of aliphatic hydroxyl groups is 1. The molecule has 5 heterocycles. The Morgan fingerprint density at radius 2 is 1.48 bits per heavy atom. The van der Waals surface area contributed by atoms with E-state index in [4.69, 9.17) is 56.2 Å². The number of Topliss-reactive ketones (excluding diaryl/α,β-unsaturated/α-hetero) is 1. The first-order chi connectivity index (χ1) is 38.4. The summed E-state index contributed by atoms with van der Waals surface area (Å²) in [5, 5.41) is 13.1. The number of hydrogen-bond acceptors (Lipinski definition) is 15. The van der Waals surface area contributed by atoms with Gasteiger partial charge in [-0.15, -0.1) is 0 Å². The number of hydrogen-bond donors (Lipinski definition) is 1. The van der Waals surface area contributed by atoms with E-state index in [1.54, 1.807) is 14.2 Å². The van der Waals surface area contributed by atoms with Gasteiger partial charge < -0.3 is 61.3 Å². The van der Waals surface area contributed by atoms with Gasteiger partial charge in [0.1, 0.15) is 29.5 Å². The van der Waals surface area contributed by atoms with Crippen LogP contribution in [0.2, 0.25) is 61.9 Å². The van der Waals surface area contributed by atoms with Crippen molar-refractivity contribution in [3.63, 3.8) is 0 Å². The number of carbonyl (C=O) groups excluding carboxylic acids is 2. The van der Waals surface area contributed by atoms with Gasteiger partial charge in [0.25, 0.3) is 0 Å². The van der Waals surface area contributed by atoms with Crippen LogP contribution in [0.4, 0.5) is 0 Å². The molecule has 1 N–H and O–H groups in total. The highest BCUT2D eigenvalue weighted by molar-refractivity contribution is 6.76. The van der Waals surface area contributed by atoms with Crippen LogP contribution in [0.5, 0.6) is 0 Å². The van der Waals surface area contributed by atoms with Crippen molar-refractivity contribution in [1.82, 2.24) is 0 Å². The minimum absolute atomic E-state index is 0.0207. The Labute approximate surface area is 503 Å². The van der Waals surface area contributed by atoms with E-state index >= 15 is 0 Å². The van der Waals surface area contributed by atoms with Crippen molar-refractivity contribution in [2.45, 2.75) is 289 Å². The van der Waals surface area contributed by atoms with E-state index in [1.807, 2.05) is 52.0 Å². The van der Waals surface area contributed by atoms with Crippen molar-refractivity contribution in [3.8, 4) is 0 Å². The van der Waals surface area contributed by atoms with Gasteiger partial charge in [-0.2, -0.15) is 0 Å². The number of methoxy groups -OCH3 is 2. The highest BCUT2D eigenvalue weighted by atomic mass is 28.4. The largest absolute Gasteiger partial charge is 0.465 e. The second-order valence-corrected chi connectivity index (χ2v) is 44.7. The van der Waals surface area contributed by atoms with Crippen LogP contribution in [-0.2, 0) is 65.8 Å². The number of rotatable bonds is 22. The Hall–Kier alpha value is -1.99. The number of ketones is 1. The fourth-order valence-corrected chi connectivity index (χ4v) is 15.3. The van der Waals surface area contributed by atoms with E-state index in [-0.39, 0.29) is 71.6 Å². The summed E-state index contributed by atoms with van der Waals surface area (Å²) in [6.45, 7) is 45.9. The smallest absolute Gasteiger partial charge is 0.316 e. The lowest BCUT2D eigenvalue weighted by Crippen LogP contribution is -2.60. The lowest BCUT2D eigenvalue weighted by atomic mass is 9.71. The maximum absolute atomic E-state index is 14.2. The van der Waals surface area contributed by atoms with Gasteiger partial charge in [-0.1, -0.05) is 132 Å². The number of esters is 1. The maximum atomic E-state index is 14.2.